The third-order valence-electron chi connectivity index (χ3n) is 9.19. The van der Waals surface area contributed by atoms with Crippen molar-refractivity contribution in [3.8, 4) is 0 Å². The molecule has 0 aromatic rings. The van der Waals surface area contributed by atoms with Gasteiger partial charge in [-0.25, -0.2) is 0 Å². The highest BCUT2D eigenvalue weighted by Gasteiger charge is 2.77. The minimum atomic E-state index is -1.51. The number of hydrogen-bond donors (Lipinski definition) is 1. The van der Waals surface area contributed by atoms with E-state index in [2.05, 4.69) is 0 Å². The van der Waals surface area contributed by atoms with E-state index in [0.717, 1.165) is 0 Å². The number of aliphatic hydroxyl groups is 1. The van der Waals surface area contributed by atoms with Crippen LogP contribution in [-0.4, -0.2) is 59.8 Å². The minimum Gasteiger partial charge on any atom is -0.493 e. The first-order chi connectivity index (χ1) is 15.7. The van der Waals surface area contributed by atoms with Gasteiger partial charge in [-0.1, -0.05) is 20.8 Å². The Labute approximate surface area is 199 Å². The summed E-state index contributed by atoms with van der Waals surface area (Å²) in [5.74, 6) is -3.53. The number of ether oxygens (including phenoxy) is 4. The fourth-order valence-electron chi connectivity index (χ4n) is 8.00. The lowest BCUT2D eigenvalue weighted by molar-refractivity contribution is -0.316. The lowest BCUT2D eigenvalue weighted by Crippen LogP contribution is -2.78. The highest BCUT2D eigenvalue weighted by molar-refractivity contribution is 5.99. The quantitative estimate of drug-likeness (QED) is 0.478. The molecule has 10 atom stereocenters. The van der Waals surface area contributed by atoms with E-state index in [-0.39, 0.29) is 29.8 Å². The van der Waals surface area contributed by atoms with E-state index in [0.29, 0.717) is 6.42 Å². The van der Waals surface area contributed by atoms with Crippen LogP contribution in [0.15, 0.2) is 11.8 Å². The number of aliphatic hydroxyl groups excluding tert-OH is 1. The second-order valence-electron chi connectivity index (χ2n) is 10.9. The normalized spacial score (nSPS) is 47.4. The van der Waals surface area contributed by atoms with Crippen molar-refractivity contribution in [1.29, 1.82) is 0 Å². The number of carbonyl (C=O) groups excluding carboxylic acids is 4. The van der Waals surface area contributed by atoms with E-state index in [9.17, 15) is 24.3 Å². The molecule has 0 aromatic heterocycles. The van der Waals surface area contributed by atoms with Gasteiger partial charge in [0.2, 0.25) is 5.78 Å². The van der Waals surface area contributed by atoms with Gasteiger partial charge in [-0.3, -0.25) is 19.2 Å². The van der Waals surface area contributed by atoms with Gasteiger partial charge in [0, 0.05) is 36.5 Å². The average molecular weight is 479 g/mol. The Morgan fingerprint density at radius 3 is 2.35 bits per heavy atom. The van der Waals surface area contributed by atoms with Crippen molar-refractivity contribution in [2.45, 2.75) is 78.3 Å². The summed E-state index contributed by atoms with van der Waals surface area (Å²) >= 11 is 0. The summed E-state index contributed by atoms with van der Waals surface area (Å²) in [6.07, 6.45) is -1.17. The number of methoxy groups -OCH3 is 1. The maximum atomic E-state index is 13.8. The minimum absolute atomic E-state index is 0.0950. The van der Waals surface area contributed by atoms with Crippen LogP contribution in [0.5, 0.6) is 0 Å². The Bertz CT molecular complexity index is 971. The number of esters is 3. The molecule has 2 saturated carbocycles. The number of hydrogen-bond acceptors (Lipinski definition) is 9. The van der Waals surface area contributed by atoms with Crippen LogP contribution in [0.4, 0.5) is 0 Å². The molecule has 4 rings (SSSR count). The molecule has 1 N–H and O–H groups in total. The van der Waals surface area contributed by atoms with Gasteiger partial charge in [0.25, 0.3) is 0 Å². The van der Waals surface area contributed by atoms with Crippen molar-refractivity contribution >= 4 is 23.7 Å². The van der Waals surface area contributed by atoms with Crippen molar-refractivity contribution in [1.82, 2.24) is 0 Å². The van der Waals surface area contributed by atoms with Crippen LogP contribution in [0.3, 0.4) is 0 Å². The maximum Gasteiger partial charge on any atom is 0.306 e. The lowest BCUT2D eigenvalue weighted by atomic mass is 9.37. The predicted molar refractivity (Wildman–Crippen MR) is 117 cm³/mol. The van der Waals surface area contributed by atoms with Crippen LogP contribution in [0.25, 0.3) is 0 Å². The summed E-state index contributed by atoms with van der Waals surface area (Å²) in [5, 5.41) is 11.9. The Morgan fingerprint density at radius 1 is 1.15 bits per heavy atom. The molecule has 0 aromatic carbocycles. The highest BCUT2D eigenvalue weighted by atomic mass is 16.6. The summed E-state index contributed by atoms with van der Waals surface area (Å²) in [4.78, 5) is 51.0. The van der Waals surface area contributed by atoms with Gasteiger partial charge in [-0.05, 0) is 31.3 Å². The molecule has 188 valence electrons. The number of ketones is 1. The molecular formula is C25H34O9. The summed E-state index contributed by atoms with van der Waals surface area (Å²) < 4.78 is 22.7. The standard InChI is InChI=1S/C25H34O9/c1-11-8-15(31-7)21(30)23(4)14(11)9-17-24(5)16(10-18(28)33-17)25(6,34-13(3)27)22(32-12(2)26)19(29)20(23)24/h8,11,14,16-17,19-20,22,29H,9-10H2,1-7H3/t11?,14?,16-,17-,19?,20?,22-,23+,24-,25+/m1/s1. The zero-order chi connectivity index (χ0) is 25.4. The fourth-order valence-corrected chi connectivity index (χ4v) is 8.00. The zero-order valence-electron chi connectivity index (χ0n) is 20.7. The third kappa shape index (κ3) is 3.08. The van der Waals surface area contributed by atoms with Crippen molar-refractivity contribution in [2.75, 3.05) is 7.11 Å². The molecule has 0 amide bonds. The Balaban J connectivity index is 1.98. The number of rotatable bonds is 3. The van der Waals surface area contributed by atoms with E-state index in [1.165, 1.54) is 21.0 Å². The Morgan fingerprint density at radius 2 is 1.79 bits per heavy atom. The molecule has 9 nitrogen and oxygen atoms in total. The molecule has 0 spiro atoms. The van der Waals surface area contributed by atoms with Gasteiger partial charge in [0.05, 0.1) is 19.6 Å². The van der Waals surface area contributed by atoms with Gasteiger partial charge in [0.1, 0.15) is 6.10 Å². The van der Waals surface area contributed by atoms with Crippen molar-refractivity contribution in [3.63, 3.8) is 0 Å². The molecule has 3 aliphatic carbocycles. The number of carbonyl (C=O) groups is 4. The molecule has 0 radical (unpaired) electrons. The van der Waals surface area contributed by atoms with Gasteiger partial charge in [0.15, 0.2) is 17.5 Å². The summed E-state index contributed by atoms with van der Waals surface area (Å²) in [7, 11) is 1.44. The molecule has 3 fully saturated rings. The third-order valence-corrected chi connectivity index (χ3v) is 9.19. The topological polar surface area (TPSA) is 125 Å². The van der Waals surface area contributed by atoms with Crippen LogP contribution in [0.2, 0.25) is 0 Å². The number of fused-ring (bicyclic) bond motifs is 2. The van der Waals surface area contributed by atoms with Crippen molar-refractivity contribution in [3.05, 3.63) is 11.8 Å². The van der Waals surface area contributed by atoms with Gasteiger partial charge in [-0.15, -0.1) is 0 Å². The molecule has 4 unspecified atom stereocenters. The molecule has 1 saturated heterocycles. The van der Waals surface area contributed by atoms with Crippen molar-refractivity contribution < 1.29 is 43.2 Å². The summed E-state index contributed by atoms with van der Waals surface area (Å²) in [6, 6.07) is 0. The van der Waals surface area contributed by atoms with Crippen LogP contribution in [0, 0.1) is 34.5 Å². The van der Waals surface area contributed by atoms with Crippen molar-refractivity contribution in [2.24, 2.45) is 34.5 Å². The smallest absolute Gasteiger partial charge is 0.306 e. The van der Waals surface area contributed by atoms with E-state index >= 15 is 0 Å². The Hall–Kier alpha value is -2.42. The first kappa shape index (κ1) is 24.7. The molecule has 4 aliphatic rings. The van der Waals surface area contributed by atoms with E-state index in [4.69, 9.17) is 18.9 Å². The predicted octanol–water partition coefficient (Wildman–Crippen LogP) is 1.94. The van der Waals surface area contributed by atoms with Gasteiger partial charge < -0.3 is 24.1 Å². The first-order valence-electron chi connectivity index (χ1n) is 11.8. The van der Waals surface area contributed by atoms with Crippen LogP contribution in [-0.2, 0) is 38.1 Å². The molecule has 1 heterocycles. The van der Waals surface area contributed by atoms with E-state index < -0.39 is 64.5 Å². The first-order valence-corrected chi connectivity index (χ1v) is 11.8. The fraction of sp³-hybridized carbons (Fsp3) is 0.760. The lowest BCUT2D eigenvalue weighted by Gasteiger charge is -2.69. The molecule has 9 heteroatoms. The van der Waals surface area contributed by atoms with E-state index in [1.54, 1.807) is 13.0 Å². The van der Waals surface area contributed by atoms with E-state index in [1.807, 2.05) is 20.8 Å². The number of Topliss-reactive ketones (excluding diaryl/α,β-unsaturated/α-hetero) is 1. The summed E-state index contributed by atoms with van der Waals surface area (Å²) in [6.45, 7) is 9.71. The van der Waals surface area contributed by atoms with Crippen LogP contribution < -0.4 is 0 Å². The van der Waals surface area contributed by atoms with Gasteiger partial charge in [-0.2, -0.15) is 0 Å². The average Bonchev–Trinajstić information content (AvgIpc) is 2.72. The van der Waals surface area contributed by atoms with Crippen LogP contribution >= 0.6 is 0 Å². The SMILES string of the molecule is COC1=CC(C)C2C[C@H]3OC(=O)C[C@H]4[C@](C)(OC(C)=O)[C@H](OC(C)=O)C(O)C([C@@]2(C)C1=O)[C@@]34C. The zero-order valence-corrected chi connectivity index (χ0v) is 20.7. The monoisotopic (exact) mass is 478 g/mol. The second-order valence-corrected chi connectivity index (χ2v) is 10.9. The highest BCUT2D eigenvalue weighted by Crippen LogP contribution is 2.69. The molecule has 0 bridgehead atoms. The Kier molecular flexibility index (Phi) is 5.66. The van der Waals surface area contributed by atoms with Crippen LogP contribution in [0.1, 0.15) is 54.4 Å². The number of allylic oxidation sites excluding steroid dienone is 2. The second kappa shape index (κ2) is 7.80. The molecular weight excluding hydrogens is 444 g/mol. The largest absolute Gasteiger partial charge is 0.493 e. The van der Waals surface area contributed by atoms with Gasteiger partial charge >= 0.3 is 17.9 Å². The summed E-state index contributed by atoms with van der Waals surface area (Å²) in [5.41, 5.74) is -3.54. The maximum absolute atomic E-state index is 13.8. The molecule has 1 aliphatic heterocycles. The molecule has 34 heavy (non-hydrogen) atoms.